The molecule has 1 amide bonds. The van der Waals surface area contributed by atoms with Gasteiger partial charge in [-0.1, -0.05) is 0 Å². The van der Waals surface area contributed by atoms with Crippen LogP contribution < -0.4 is 14.8 Å². The number of aromatic nitrogens is 3. The molecule has 9 nitrogen and oxygen atoms in total. The van der Waals surface area contributed by atoms with Crippen molar-refractivity contribution >= 4 is 21.6 Å². The Labute approximate surface area is 185 Å². The van der Waals surface area contributed by atoms with Crippen molar-refractivity contribution in [1.82, 2.24) is 18.8 Å². The molecular formula is C21H24FN5O4S. The fourth-order valence-electron chi connectivity index (χ4n) is 3.76. The molecule has 1 aliphatic rings. The Hall–Kier alpha value is -3.18. The van der Waals surface area contributed by atoms with Crippen LogP contribution in [0.5, 0.6) is 5.75 Å². The maximum absolute atomic E-state index is 13.5. The zero-order valence-corrected chi connectivity index (χ0v) is 19.0. The number of halogens is 1. The number of anilines is 1. The van der Waals surface area contributed by atoms with Crippen LogP contribution in [-0.4, -0.2) is 40.6 Å². The number of carbonyl (C=O) groups is 1. The van der Waals surface area contributed by atoms with E-state index >= 15 is 0 Å². The smallest absolute Gasteiger partial charge is 0.276 e. The molecule has 1 aromatic carbocycles. The van der Waals surface area contributed by atoms with Crippen LogP contribution >= 0.6 is 0 Å². The number of nitrogens with zero attached hydrogens (tertiary/aromatic N) is 3. The van der Waals surface area contributed by atoms with E-state index < -0.39 is 21.5 Å². The van der Waals surface area contributed by atoms with Crippen LogP contribution in [0.1, 0.15) is 28.7 Å². The van der Waals surface area contributed by atoms with Crippen LogP contribution in [0, 0.1) is 12.7 Å². The molecule has 0 bridgehead atoms. The van der Waals surface area contributed by atoms with E-state index in [1.807, 2.05) is 7.05 Å². The van der Waals surface area contributed by atoms with Gasteiger partial charge in [-0.15, -0.1) is 0 Å². The Kier molecular flexibility index (Phi) is 5.33. The molecule has 170 valence electrons. The first-order valence-corrected chi connectivity index (χ1v) is 11.4. The van der Waals surface area contributed by atoms with E-state index in [0.717, 1.165) is 5.69 Å². The quantitative estimate of drug-likeness (QED) is 0.619. The number of sulfonamides is 1. The SMILES string of the molecule is Cc1cc(NC(=O)c2c3c(cn2C)S(=O)(=O)NC(C)(Cc2cncn2C)CO3)ccc1F. The van der Waals surface area contributed by atoms with Gasteiger partial charge in [0.1, 0.15) is 17.3 Å². The van der Waals surface area contributed by atoms with E-state index in [0.29, 0.717) is 17.7 Å². The lowest BCUT2D eigenvalue weighted by Crippen LogP contribution is -2.50. The van der Waals surface area contributed by atoms with Crippen LogP contribution in [0.3, 0.4) is 0 Å². The number of aryl methyl sites for hydroxylation is 3. The fraction of sp³-hybridized carbons (Fsp3) is 0.333. The zero-order chi connectivity index (χ0) is 23.3. The molecule has 1 aliphatic heterocycles. The Bertz CT molecular complexity index is 1310. The minimum Gasteiger partial charge on any atom is -0.488 e. The number of hydrogen-bond donors (Lipinski definition) is 2. The standard InChI is InChI=1S/C21H24FN5O4S/c1-13-7-14(5-6-16(13)22)24-20(28)18-19-17(10-26(18)3)32(29,30)25-21(2,11-31-19)8-15-9-23-12-27(15)4/h5-7,9-10,12,25H,8,11H2,1-4H3,(H,24,28). The summed E-state index contributed by atoms with van der Waals surface area (Å²) in [4.78, 5) is 17.0. The molecule has 0 saturated carbocycles. The Morgan fingerprint density at radius 3 is 2.75 bits per heavy atom. The van der Waals surface area contributed by atoms with Gasteiger partial charge < -0.3 is 19.2 Å². The van der Waals surface area contributed by atoms with Crippen LogP contribution in [0.25, 0.3) is 0 Å². The largest absolute Gasteiger partial charge is 0.488 e. The number of amides is 1. The minimum atomic E-state index is -3.98. The van der Waals surface area contributed by atoms with Gasteiger partial charge in [0.15, 0.2) is 11.4 Å². The summed E-state index contributed by atoms with van der Waals surface area (Å²) in [7, 11) is -0.589. The molecular weight excluding hydrogens is 437 g/mol. The third-order valence-electron chi connectivity index (χ3n) is 5.43. The highest BCUT2D eigenvalue weighted by atomic mass is 32.2. The van der Waals surface area contributed by atoms with Gasteiger partial charge in [0, 0.05) is 44.3 Å². The van der Waals surface area contributed by atoms with Crippen LogP contribution in [0.15, 0.2) is 41.8 Å². The molecule has 4 rings (SSSR count). The summed E-state index contributed by atoms with van der Waals surface area (Å²) in [6.07, 6.45) is 4.99. The van der Waals surface area contributed by atoms with Crippen molar-refractivity contribution in [2.45, 2.75) is 30.7 Å². The molecule has 1 atom stereocenters. The van der Waals surface area contributed by atoms with Crippen molar-refractivity contribution < 1.29 is 22.3 Å². The fourth-order valence-corrected chi connectivity index (χ4v) is 5.35. The normalized spacial score (nSPS) is 19.7. The predicted molar refractivity (Wildman–Crippen MR) is 116 cm³/mol. The average molecular weight is 462 g/mol. The first-order chi connectivity index (χ1) is 15.0. The van der Waals surface area contributed by atoms with E-state index in [4.69, 9.17) is 4.74 Å². The van der Waals surface area contributed by atoms with Crippen molar-refractivity contribution in [2.24, 2.45) is 14.1 Å². The van der Waals surface area contributed by atoms with E-state index in [2.05, 4.69) is 15.0 Å². The van der Waals surface area contributed by atoms with Crippen molar-refractivity contribution in [3.63, 3.8) is 0 Å². The third kappa shape index (κ3) is 4.00. The van der Waals surface area contributed by atoms with Gasteiger partial charge in [0.05, 0.1) is 11.9 Å². The van der Waals surface area contributed by atoms with Gasteiger partial charge in [-0.2, -0.15) is 0 Å². The molecule has 2 aromatic heterocycles. The van der Waals surface area contributed by atoms with Gasteiger partial charge in [-0.05, 0) is 37.6 Å². The number of fused-ring (bicyclic) bond motifs is 1. The zero-order valence-electron chi connectivity index (χ0n) is 18.1. The molecule has 1 unspecified atom stereocenters. The summed E-state index contributed by atoms with van der Waals surface area (Å²) < 4.78 is 51.7. The van der Waals surface area contributed by atoms with E-state index in [1.54, 1.807) is 38.0 Å². The lowest BCUT2D eigenvalue weighted by molar-refractivity contribution is 0.101. The molecule has 0 saturated heterocycles. The number of rotatable bonds is 4. The highest BCUT2D eigenvalue weighted by Gasteiger charge is 2.40. The van der Waals surface area contributed by atoms with Gasteiger partial charge in [0.2, 0.25) is 10.0 Å². The Morgan fingerprint density at radius 2 is 2.09 bits per heavy atom. The third-order valence-corrected chi connectivity index (χ3v) is 7.06. The maximum Gasteiger partial charge on any atom is 0.276 e. The van der Waals surface area contributed by atoms with Crippen LogP contribution in [-0.2, 0) is 30.5 Å². The molecule has 3 aromatic rings. The lowest BCUT2D eigenvalue weighted by Gasteiger charge is -2.27. The molecule has 0 aliphatic carbocycles. The summed E-state index contributed by atoms with van der Waals surface area (Å²) in [5.41, 5.74) is 0.689. The van der Waals surface area contributed by atoms with Crippen molar-refractivity contribution in [2.75, 3.05) is 11.9 Å². The summed E-state index contributed by atoms with van der Waals surface area (Å²) in [6.45, 7) is 3.33. The van der Waals surface area contributed by atoms with E-state index in [-0.39, 0.29) is 28.8 Å². The molecule has 32 heavy (non-hydrogen) atoms. The Balaban J connectivity index is 1.66. The lowest BCUT2D eigenvalue weighted by atomic mass is 9.98. The number of benzene rings is 1. The summed E-state index contributed by atoms with van der Waals surface area (Å²) in [6, 6.07) is 4.19. The average Bonchev–Trinajstić information content (AvgIpc) is 3.23. The highest BCUT2D eigenvalue weighted by Crippen LogP contribution is 2.35. The second kappa shape index (κ2) is 7.75. The van der Waals surface area contributed by atoms with Gasteiger partial charge >= 0.3 is 0 Å². The van der Waals surface area contributed by atoms with E-state index in [9.17, 15) is 17.6 Å². The minimum absolute atomic E-state index is 0.00433. The first kappa shape index (κ1) is 22.0. The molecule has 3 heterocycles. The highest BCUT2D eigenvalue weighted by molar-refractivity contribution is 7.89. The monoisotopic (exact) mass is 461 g/mol. The van der Waals surface area contributed by atoms with Crippen LogP contribution in [0.4, 0.5) is 10.1 Å². The van der Waals surface area contributed by atoms with Crippen molar-refractivity contribution in [1.29, 1.82) is 0 Å². The molecule has 2 N–H and O–H groups in total. The Morgan fingerprint density at radius 1 is 1.34 bits per heavy atom. The van der Waals surface area contributed by atoms with E-state index in [1.165, 1.54) is 29.0 Å². The van der Waals surface area contributed by atoms with Crippen LogP contribution in [0.2, 0.25) is 0 Å². The predicted octanol–water partition coefficient (Wildman–Crippen LogP) is 2.13. The molecule has 0 radical (unpaired) electrons. The number of hydrogen-bond acceptors (Lipinski definition) is 5. The first-order valence-electron chi connectivity index (χ1n) is 9.88. The molecule has 0 fully saturated rings. The summed E-state index contributed by atoms with van der Waals surface area (Å²) in [5, 5.41) is 2.68. The topological polar surface area (TPSA) is 107 Å². The number of imidazole rings is 1. The number of carbonyl (C=O) groups excluding carboxylic acids is 1. The van der Waals surface area contributed by atoms with Gasteiger partial charge in [0.25, 0.3) is 5.91 Å². The van der Waals surface area contributed by atoms with Crippen molar-refractivity contribution in [3.05, 3.63) is 59.7 Å². The number of nitrogens with one attached hydrogen (secondary N) is 2. The maximum atomic E-state index is 13.5. The summed E-state index contributed by atoms with van der Waals surface area (Å²) in [5.74, 6) is -0.973. The van der Waals surface area contributed by atoms with Gasteiger partial charge in [-0.3, -0.25) is 4.79 Å². The summed E-state index contributed by atoms with van der Waals surface area (Å²) >= 11 is 0. The van der Waals surface area contributed by atoms with Crippen molar-refractivity contribution in [3.8, 4) is 5.75 Å². The number of ether oxygens (including phenoxy) is 1. The molecule has 0 spiro atoms. The second-order valence-corrected chi connectivity index (χ2v) is 9.98. The second-order valence-electron chi connectivity index (χ2n) is 8.33. The molecule has 11 heteroatoms. The van der Waals surface area contributed by atoms with Gasteiger partial charge in [-0.25, -0.2) is 22.5 Å².